The molecule has 1 heterocycles. The second-order valence-electron chi connectivity index (χ2n) is 2.96. The average molecular weight is 204 g/mol. The molecule has 1 saturated heterocycles. The Labute approximate surface area is 71.2 Å². The zero-order valence-corrected chi connectivity index (χ0v) is 7.97. The van der Waals surface area contributed by atoms with Crippen molar-refractivity contribution in [3.63, 3.8) is 0 Å². The van der Waals surface area contributed by atoms with Gasteiger partial charge >= 0.3 is 0 Å². The van der Waals surface area contributed by atoms with Crippen LogP contribution in [0.1, 0.15) is 12.8 Å². The molecule has 0 spiro atoms. The van der Waals surface area contributed by atoms with E-state index in [1.807, 2.05) is 4.99 Å². The van der Waals surface area contributed by atoms with Crippen LogP contribution in [0, 0.1) is 5.92 Å². The van der Waals surface area contributed by atoms with Crippen LogP contribution >= 0.6 is 15.9 Å². The van der Waals surface area contributed by atoms with Gasteiger partial charge in [-0.25, -0.2) is 0 Å². The first-order valence-electron chi connectivity index (χ1n) is 3.78. The van der Waals surface area contributed by atoms with E-state index in [-0.39, 0.29) is 0 Å². The van der Waals surface area contributed by atoms with Crippen molar-refractivity contribution < 1.29 is 0 Å². The average Bonchev–Trinajstić information content (AvgIpc) is 1.95. The lowest BCUT2D eigenvalue weighted by molar-refractivity contribution is 0.244. The van der Waals surface area contributed by atoms with Crippen LogP contribution in [0.5, 0.6) is 0 Å². The topological polar surface area (TPSA) is 3.24 Å². The van der Waals surface area contributed by atoms with Gasteiger partial charge in [0, 0.05) is 0 Å². The zero-order valence-electron chi connectivity index (χ0n) is 6.39. The number of halogens is 1. The summed E-state index contributed by atoms with van der Waals surface area (Å²) in [6.07, 6.45) is 4.89. The Morgan fingerprint density at radius 3 is 2.50 bits per heavy atom. The maximum atomic E-state index is 3.31. The fourth-order valence-corrected chi connectivity index (χ4v) is 1.76. The zero-order chi connectivity index (χ0) is 7.40. The smallest absolute Gasteiger partial charge is 0.00162 e. The Morgan fingerprint density at radius 1 is 1.40 bits per heavy atom. The Morgan fingerprint density at radius 2 is 2.00 bits per heavy atom. The van der Waals surface area contributed by atoms with Gasteiger partial charge < -0.3 is 4.90 Å². The van der Waals surface area contributed by atoms with Crippen LogP contribution < -0.4 is 0 Å². The van der Waals surface area contributed by atoms with Crippen LogP contribution in [0.4, 0.5) is 0 Å². The molecule has 0 radical (unpaired) electrons. The summed E-state index contributed by atoms with van der Waals surface area (Å²) in [5, 5.41) is 0. The second-order valence-corrected chi connectivity index (χ2v) is 3.49. The van der Waals surface area contributed by atoms with Crippen LogP contribution in [0.2, 0.25) is 0 Å². The van der Waals surface area contributed by atoms with Crippen molar-refractivity contribution in [2.24, 2.45) is 5.92 Å². The molecular formula is C8H14BrN. The van der Waals surface area contributed by atoms with Crippen LogP contribution in [0.25, 0.3) is 0 Å². The van der Waals surface area contributed by atoms with E-state index < -0.39 is 0 Å². The normalized spacial score (nSPS) is 24.2. The minimum atomic E-state index is 0.815. The molecule has 0 amide bonds. The van der Waals surface area contributed by atoms with Gasteiger partial charge in [0.2, 0.25) is 0 Å². The van der Waals surface area contributed by atoms with Gasteiger partial charge in [0.1, 0.15) is 0 Å². The van der Waals surface area contributed by atoms with Gasteiger partial charge in [0.15, 0.2) is 0 Å². The van der Waals surface area contributed by atoms with E-state index in [1.165, 1.54) is 25.9 Å². The SMILES string of the molecule is CN1CCC(/C=C/Br)CC1. The van der Waals surface area contributed by atoms with Crippen LogP contribution in [0.15, 0.2) is 11.1 Å². The molecule has 0 aromatic rings. The third kappa shape index (κ3) is 2.43. The first-order chi connectivity index (χ1) is 4.83. The van der Waals surface area contributed by atoms with Gasteiger partial charge in [-0.15, -0.1) is 0 Å². The molecule has 2 heteroatoms. The largest absolute Gasteiger partial charge is 0.306 e. The maximum Gasteiger partial charge on any atom is -0.00162 e. The first-order valence-corrected chi connectivity index (χ1v) is 4.70. The molecule has 1 nitrogen and oxygen atoms in total. The van der Waals surface area contributed by atoms with Gasteiger partial charge in [0.25, 0.3) is 0 Å². The van der Waals surface area contributed by atoms with E-state index in [2.05, 4.69) is 34.0 Å². The Bertz CT molecular complexity index is 114. The summed E-state index contributed by atoms with van der Waals surface area (Å²) in [5.74, 6) is 0.815. The fourth-order valence-electron chi connectivity index (χ4n) is 1.32. The van der Waals surface area contributed by atoms with E-state index in [0.29, 0.717) is 0 Å². The summed E-state index contributed by atoms with van der Waals surface area (Å²) < 4.78 is 0. The summed E-state index contributed by atoms with van der Waals surface area (Å²) >= 11 is 3.31. The molecule has 0 saturated carbocycles. The van der Waals surface area contributed by atoms with Crippen LogP contribution in [-0.4, -0.2) is 25.0 Å². The molecule has 0 unspecified atom stereocenters. The predicted octanol–water partition coefficient (Wildman–Crippen LogP) is 2.24. The second kappa shape index (κ2) is 4.14. The lowest BCUT2D eigenvalue weighted by Gasteiger charge is -2.26. The van der Waals surface area contributed by atoms with E-state index >= 15 is 0 Å². The summed E-state index contributed by atoms with van der Waals surface area (Å²) in [6, 6.07) is 0. The van der Waals surface area contributed by atoms with Gasteiger partial charge in [0.05, 0.1) is 0 Å². The van der Waals surface area contributed by atoms with Crippen molar-refractivity contribution in [2.75, 3.05) is 20.1 Å². The van der Waals surface area contributed by atoms with Crippen LogP contribution in [0.3, 0.4) is 0 Å². The summed E-state index contributed by atoms with van der Waals surface area (Å²) in [5.41, 5.74) is 0. The summed E-state index contributed by atoms with van der Waals surface area (Å²) in [6.45, 7) is 2.50. The van der Waals surface area contributed by atoms with Gasteiger partial charge in [-0.2, -0.15) is 0 Å². The van der Waals surface area contributed by atoms with E-state index in [0.717, 1.165) is 5.92 Å². The Balaban J connectivity index is 2.26. The molecule has 0 aliphatic carbocycles. The van der Waals surface area contributed by atoms with Crippen molar-refractivity contribution in [2.45, 2.75) is 12.8 Å². The highest BCUT2D eigenvalue weighted by Crippen LogP contribution is 2.17. The minimum absolute atomic E-state index is 0.815. The standard InChI is InChI=1S/C8H14BrN/c1-10-6-3-8(2-5-9)4-7-10/h2,5,8H,3-4,6-7H2,1H3/b5-2+. The number of hydrogen-bond donors (Lipinski definition) is 0. The van der Waals surface area contributed by atoms with E-state index in [9.17, 15) is 0 Å². The van der Waals surface area contributed by atoms with Gasteiger partial charge in [-0.3, -0.25) is 0 Å². The van der Waals surface area contributed by atoms with Gasteiger partial charge in [-0.05, 0) is 43.9 Å². The number of piperidine rings is 1. The molecular weight excluding hydrogens is 190 g/mol. The molecule has 58 valence electrons. The quantitative estimate of drug-likeness (QED) is 0.633. The molecule has 1 fully saturated rings. The molecule has 1 aliphatic rings. The lowest BCUT2D eigenvalue weighted by atomic mass is 9.98. The Hall–Kier alpha value is 0.180. The first kappa shape index (κ1) is 8.28. The number of hydrogen-bond acceptors (Lipinski definition) is 1. The van der Waals surface area contributed by atoms with Gasteiger partial charge in [-0.1, -0.05) is 22.0 Å². The third-order valence-electron chi connectivity index (χ3n) is 2.11. The van der Waals surface area contributed by atoms with Crippen molar-refractivity contribution in [3.05, 3.63) is 11.1 Å². The lowest BCUT2D eigenvalue weighted by Crippen LogP contribution is -2.29. The minimum Gasteiger partial charge on any atom is -0.306 e. The van der Waals surface area contributed by atoms with E-state index in [4.69, 9.17) is 0 Å². The van der Waals surface area contributed by atoms with Crippen LogP contribution in [-0.2, 0) is 0 Å². The number of likely N-dealkylation sites (tertiary alicyclic amines) is 1. The van der Waals surface area contributed by atoms with Crippen molar-refractivity contribution >= 4 is 15.9 Å². The molecule has 0 N–H and O–H groups in total. The molecule has 0 bridgehead atoms. The third-order valence-corrected chi connectivity index (χ3v) is 2.41. The highest BCUT2D eigenvalue weighted by Gasteiger charge is 2.12. The molecule has 1 aliphatic heterocycles. The molecule has 0 aromatic heterocycles. The molecule has 1 rings (SSSR count). The van der Waals surface area contributed by atoms with Crippen molar-refractivity contribution in [1.29, 1.82) is 0 Å². The number of allylic oxidation sites excluding steroid dienone is 1. The highest BCUT2D eigenvalue weighted by atomic mass is 79.9. The summed E-state index contributed by atoms with van der Waals surface area (Å²) in [7, 11) is 2.19. The number of rotatable bonds is 1. The fraction of sp³-hybridized carbons (Fsp3) is 0.750. The predicted molar refractivity (Wildman–Crippen MR) is 48.3 cm³/mol. The molecule has 10 heavy (non-hydrogen) atoms. The molecule has 0 atom stereocenters. The Kier molecular flexibility index (Phi) is 3.43. The van der Waals surface area contributed by atoms with Crippen molar-refractivity contribution in [3.8, 4) is 0 Å². The monoisotopic (exact) mass is 203 g/mol. The highest BCUT2D eigenvalue weighted by molar-refractivity contribution is 9.11. The maximum absolute atomic E-state index is 3.31. The van der Waals surface area contributed by atoms with E-state index in [1.54, 1.807) is 0 Å². The molecule has 0 aromatic carbocycles. The van der Waals surface area contributed by atoms with Crippen molar-refractivity contribution in [1.82, 2.24) is 4.90 Å². The summed E-state index contributed by atoms with van der Waals surface area (Å²) in [4.78, 5) is 4.38. The number of nitrogens with zero attached hydrogens (tertiary/aromatic N) is 1.